The minimum atomic E-state index is -0.280. The van der Waals surface area contributed by atoms with Gasteiger partial charge in [0.1, 0.15) is 0 Å². The molecule has 3 rings (SSSR count). The van der Waals surface area contributed by atoms with Gasteiger partial charge >= 0.3 is 0 Å². The number of piperidine rings is 1. The largest absolute Gasteiger partial charge is 0.388 e. The van der Waals surface area contributed by atoms with Crippen LogP contribution >= 0.6 is 0 Å². The van der Waals surface area contributed by atoms with Crippen molar-refractivity contribution in [3.8, 4) is 0 Å². The van der Waals surface area contributed by atoms with E-state index >= 15 is 0 Å². The lowest BCUT2D eigenvalue weighted by Gasteiger charge is -2.40. The Labute approximate surface area is 116 Å². The van der Waals surface area contributed by atoms with E-state index in [9.17, 15) is 5.11 Å². The van der Waals surface area contributed by atoms with Crippen LogP contribution in [0.1, 0.15) is 49.8 Å². The highest BCUT2D eigenvalue weighted by Gasteiger charge is 2.35. The van der Waals surface area contributed by atoms with Crippen molar-refractivity contribution in [3.63, 3.8) is 0 Å². The minimum Gasteiger partial charge on any atom is -0.388 e. The average Bonchev–Trinajstić information content (AvgIpc) is 2.48. The van der Waals surface area contributed by atoms with Crippen LogP contribution in [0.25, 0.3) is 0 Å². The van der Waals surface area contributed by atoms with Gasteiger partial charge in [-0.15, -0.1) is 0 Å². The van der Waals surface area contributed by atoms with Crippen molar-refractivity contribution in [2.75, 3.05) is 6.54 Å². The van der Waals surface area contributed by atoms with Crippen molar-refractivity contribution in [3.05, 3.63) is 35.4 Å². The summed E-state index contributed by atoms with van der Waals surface area (Å²) in [5.74, 6) is 1.24. The van der Waals surface area contributed by atoms with Gasteiger partial charge in [-0.1, -0.05) is 37.6 Å². The molecule has 1 aromatic rings. The Bertz CT molecular complexity index is 431. The highest BCUT2D eigenvalue weighted by atomic mass is 16.3. The highest BCUT2D eigenvalue weighted by Crippen LogP contribution is 2.39. The summed E-state index contributed by atoms with van der Waals surface area (Å²) in [5.41, 5.74) is 2.51. The van der Waals surface area contributed by atoms with E-state index in [2.05, 4.69) is 30.4 Å². The maximum absolute atomic E-state index is 10.7. The van der Waals surface area contributed by atoms with E-state index in [-0.39, 0.29) is 6.10 Å². The molecule has 4 unspecified atom stereocenters. The zero-order valence-corrected chi connectivity index (χ0v) is 11.8. The first-order chi connectivity index (χ1) is 9.29. The highest BCUT2D eigenvalue weighted by molar-refractivity contribution is 5.32. The summed E-state index contributed by atoms with van der Waals surface area (Å²) in [7, 11) is 0. The topological polar surface area (TPSA) is 32.3 Å². The molecule has 1 heterocycles. The van der Waals surface area contributed by atoms with Crippen LogP contribution in [-0.4, -0.2) is 17.7 Å². The number of hydrogen-bond acceptors (Lipinski definition) is 2. The number of benzene rings is 1. The van der Waals surface area contributed by atoms with Crippen LogP contribution in [0.3, 0.4) is 0 Å². The van der Waals surface area contributed by atoms with E-state index in [1.54, 1.807) is 0 Å². The molecule has 0 radical (unpaired) electrons. The number of aryl methyl sites for hydroxylation is 1. The average molecular weight is 259 g/mol. The van der Waals surface area contributed by atoms with Gasteiger partial charge in [-0.05, 0) is 49.3 Å². The summed E-state index contributed by atoms with van der Waals surface area (Å²) in [6.45, 7) is 3.41. The third-order valence-electron chi connectivity index (χ3n) is 5.17. The second kappa shape index (κ2) is 5.64. The standard InChI is InChI=1S/C17H25NO/c1-2-12-9-10-18-16(11-12)15-8-7-13-5-3-4-6-14(13)17(15)19/h3-6,12,15-19H,2,7-11H2,1H3. The van der Waals surface area contributed by atoms with Gasteiger partial charge < -0.3 is 10.4 Å². The van der Waals surface area contributed by atoms with Crippen molar-refractivity contribution in [1.29, 1.82) is 0 Å². The second-order valence-electron chi connectivity index (χ2n) is 6.21. The monoisotopic (exact) mass is 259 g/mol. The first-order valence-electron chi connectivity index (χ1n) is 7.79. The fourth-order valence-corrected chi connectivity index (χ4v) is 3.91. The fourth-order valence-electron chi connectivity index (χ4n) is 3.91. The minimum absolute atomic E-state index is 0.280. The van der Waals surface area contributed by atoms with Gasteiger partial charge in [0, 0.05) is 12.0 Å². The molecule has 2 nitrogen and oxygen atoms in total. The third-order valence-corrected chi connectivity index (χ3v) is 5.17. The zero-order valence-electron chi connectivity index (χ0n) is 11.8. The van der Waals surface area contributed by atoms with Gasteiger partial charge in [-0.25, -0.2) is 0 Å². The molecule has 1 aromatic carbocycles. The number of fused-ring (bicyclic) bond motifs is 1. The number of nitrogens with one attached hydrogen (secondary N) is 1. The van der Waals surface area contributed by atoms with E-state index in [4.69, 9.17) is 0 Å². The van der Waals surface area contributed by atoms with Crippen molar-refractivity contribution < 1.29 is 5.11 Å². The van der Waals surface area contributed by atoms with Gasteiger partial charge in [0.25, 0.3) is 0 Å². The van der Waals surface area contributed by atoms with Crippen molar-refractivity contribution in [2.24, 2.45) is 11.8 Å². The molecule has 1 saturated heterocycles. The lowest BCUT2D eigenvalue weighted by molar-refractivity contribution is 0.0548. The summed E-state index contributed by atoms with van der Waals surface area (Å²) in [4.78, 5) is 0. The van der Waals surface area contributed by atoms with E-state index < -0.39 is 0 Å². The number of rotatable bonds is 2. The Morgan fingerprint density at radius 2 is 2.11 bits per heavy atom. The molecule has 19 heavy (non-hydrogen) atoms. The maximum atomic E-state index is 10.7. The molecular formula is C17H25NO. The van der Waals surface area contributed by atoms with Crippen LogP contribution < -0.4 is 5.32 Å². The van der Waals surface area contributed by atoms with Gasteiger partial charge in [0.2, 0.25) is 0 Å². The smallest absolute Gasteiger partial charge is 0.0835 e. The van der Waals surface area contributed by atoms with Crippen LogP contribution in [0, 0.1) is 11.8 Å². The quantitative estimate of drug-likeness (QED) is 0.855. The molecular weight excluding hydrogens is 234 g/mol. The molecule has 1 aliphatic carbocycles. The van der Waals surface area contributed by atoms with Crippen LogP contribution in [0.15, 0.2) is 24.3 Å². The van der Waals surface area contributed by atoms with E-state index in [0.29, 0.717) is 12.0 Å². The van der Waals surface area contributed by atoms with E-state index in [1.165, 1.54) is 30.4 Å². The molecule has 0 amide bonds. The Balaban J connectivity index is 1.76. The first-order valence-corrected chi connectivity index (χ1v) is 7.79. The molecule has 2 N–H and O–H groups in total. The molecule has 104 valence electrons. The molecule has 0 saturated carbocycles. The Hall–Kier alpha value is -0.860. The number of aliphatic hydroxyl groups is 1. The molecule has 2 aliphatic rings. The molecule has 1 aliphatic heterocycles. The van der Waals surface area contributed by atoms with Gasteiger partial charge in [0.15, 0.2) is 0 Å². The lowest BCUT2D eigenvalue weighted by Crippen LogP contribution is -2.46. The van der Waals surface area contributed by atoms with E-state index in [0.717, 1.165) is 25.3 Å². The summed E-state index contributed by atoms with van der Waals surface area (Å²) in [5, 5.41) is 14.3. The van der Waals surface area contributed by atoms with Gasteiger partial charge in [-0.2, -0.15) is 0 Å². The lowest BCUT2D eigenvalue weighted by atomic mass is 9.74. The van der Waals surface area contributed by atoms with Crippen LogP contribution in [0.2, 0.25) is 0 Å². The SMILES string of the molecule is CCC1CCNC(C2CCc3ccccc3C2O)C1. The third kappa shape index (κ3) is 2.56. The maximum Gasteiger partial charge on any atom is 0.0835 e. The van der Waals surface area contributed by atoms with Crippen molar-refractivity contribution in [2.45, 2.75) is 51.2 Å². The summed E-state index contributed by atoms with van der Waals surface area (Å²) >= 11 is 0. The Morgan fingerprint density at radius 3 is 2.95 bits per heavy atom. The molecule has 0 spiro atoms. The van der Waals surface area contributed by atoms with Gasteiger partial charge in [0.05, 0.1) is 6.10 Å². The Kier molecular flexibility index (Phi) is 3.90. The summed E-state index contributed by atoms with van der Waals surface area (Å²) < 4.78 is 0. The number of hydrogen-bond donors (Lipinski definition) is 2. The van der Waals surface area contributed by atoms with Crippen LogP contribution in [0.4, 0.5) is 0 Å². The fraction of sp³-hybridized carbons (Fsp3) is 0.647. The summed E-state index contributed by atoms with van der Waals surface area (Å²) in [6.07, 6.45) is 5.77. The summed E-state index contributed by atoms with van der Waals surface area (Å²) in [6, 6.07) is 8.90. The van der Waals surface area contributed by atoms with Crippen molar-refractivity contribution >= 4 is 0 Å². The van der Waals surface area contributed by atoms with E-state index in [1.807, 2.05) is 6.07 Å². The van der Waals surface area contributed by atoms with Gasteiger partial charge in [-0.3, -0.25) is 0 Å². The predicted octanol–water partition coefficient (Wildman–Crippen LogP) is 3.06. The molecule has 0 aromatic heterocycles. The second-order valence-corrected chi connectivity index (χ2v) is 6.21. The predicted molar refractivity (Wildman–Crippen MR) is 78.0 cm³/mol. The molecule has 2 heteroatoms. The number of aliphatic hydroxyl groups excluding tert-OH is 1. The molecule has 1 fully saturated rings. The Morgan fingerprint density at radius 1 is 1.26 bits per heavy atom. The van der Waals surface area contributed by atoms with Crippen LogP contribution in [0.5, 0.6) is 0 Å². The normalized spacial score (nSPS) is 34.8. The zero-order chi connectivity index (χ0) is 13.2. The molecule has 0 bridgehead atoms. The van der Waals surface area contributed by atoms with Crippen LogP contribution in [-0.2, 0) is 6.42 Å². The van der Waals surface area contributed by atoms with Crippen molar-refractivity contribution in [1.82, 2.24) is 5.32 Å². The molecule has 4 atom stereocenters. The first kappa shape index (κ1) is 13.1.